The highest BCUT2D eigenvalue weighted by atomic mass is 35.5. The van der Waals surface area contributed by atoms with Gasteiger partial charge < -0.3 is 20.1 Å². The fourth-order valence-electron chi connectivity index (χ4n) is 5.35. The van der Waals surface area contributed by atoms with Gasteiger partial charge in [0.2, 0.25) is 0 Å². The molecule has 2 saturated carbocycles. The van der Waals surface area contributed by atoms with Crippen LogP contribution in [0.25, 0.3) is 11.3 Å². The fourth-order valence-corrected chi connectivity index (χ4v) is 5.53. The summed E-state index contributed by atoms with van der Waals surface area (Å²) in [6, 6.07) is 5.29. The number of nitrogens with one attached hydrogen (secondary N) is 3. The molecule has 1 aliphatic heterocycles. The minimum atomic E-state index is -4.54. The molecule has 4 aliphatic rings. The number of allylic oxidation sites excluding steroid dienone is 2. The van der Waals surface area contributed by atoms with E-state index in [1.807, 2.05) is 0 Å². The first-order chi connectivity index (χ1) is 20.5. The maximum absolute atomic E-state index is 14.0. The van der Waals surface area contributed by atoms with Crippen LogP contribution in [0.3, 0.4) is 0 Å². The van der Waals surface area contributed by atoms with Gasteiger partial charge in [0, 0.05) is 53.7 Å². The first-order valence-corrected chi connectivity index (χ1v) is 14.5. The lowest BCUT2D eigenvalue weighted by atomic mass is 9.92. The number of rotatable bonds is 9. The summed E-state index contributed by atoms with van der Waals surface area (Å²) in [5, 5.41) is 14.1. The number of fused-ring (bicyclic) bond motifs is 1. The number of carbonyl (C=O) groups excluding carboxylic acids is 1. The fraction of sp³-hybridized carbons (Fsp3) is 0.387. The molecular formula is C31H29ClF4N4O3. The van der Waals surface area contributed by atoms with Crippen LogP contribution in [0.2, 0.25) is 5.02 Å². The number of halogens is 5. The van der Waals surface area contributed by atoms with Gasteiger partial charge in [-0.1, -0.05) is 11.6 Å². The van der Waals surface area contributed by atoms with Crippen molar-refractivity contribution in [3.8, 4) is 17.0 Å². The standard InChI is InChI=1S/C31H29ClF4N4O3/c1-38-12-18-8-17(10-26(27(18)37)43-19-5-6-19)30(41)39-13-21(15-2-3-15)25-11-20-22(31(34,35)36)14-42-29(20)28(40-25)16-4-7-24(33)23(32)9-16/h4,7-12,15,19,21-22,37-38H,2-3,5-6,13-14H2,1H3,(H,39,41)/b18-12-,37-27?/t21-,22?/m0/s1. The Labute approximate surface area is 250 Å². The average molecular weight is 617 g/mol. The Morgan fingerprint density at radius 2 is 2.00 bits per heavy atom. The number of pyridine rings is 1. The Kier molecular flexibility index (Phi) is 7.70. The van der Waals surface area contributed by atoms with E-state index in [-0.39, 0.29) is 52.2 Å². The molecule has 7 nitrogen and oxygen atoms in total. The molecule has 43 heavy (non-hydrogen) atoms. The molecule has 6 rings (SSSR count). The average Bonchev–Trinajstić information content (AvgIpc) is 3.90. The second-order valence-electron chi connectivity index (χ2n) is 11.2. The molecule has 2 fully saturated rings. The summed E-state index contributed by atoms with van der Waals surface area (Å²) in [6.07, 6.45) is 3.70. The van der Waals surface area contributed by atoms with Crippen molar-refractivity contribution in [1.82, 2.24) is 15.6 Å². The Balaban J connectivity index is 1.31. The van der Waals surface area contributed by atoms with Crippen LogP contribution in [0, 0.1) is 17.1 Å². The summed E-state index contributed by atoms with van der Waals surface area (Å²) >= 11 is 6.01. The molecule has 2 atom stereocenters. The third-order valence-corrected chi connectivity index (χ3v) is 8.24. The number of benzene rings is 1. The molecule has 0 spiro atoms. The van der Waals surface area contributed by atoms with Crippen LogP contribution in [-0.2, 0) is 9.53 Å². The van der Waals surface area contributed by atoms with Gasteiger partial charge in [0.15, 0.2) is 0 Å². The summed E-state index contributed by atoms with van der Waals surface area (Å²) in [6.45, 7) is -0.455. The minimum absolute atomic E-state index is 0.000628. The first kappa shape index (κ1) is 29.2. The van der Waals surface area contributed by atoms with Crippen molar-refractivity contribution in [2.24, 2.45) is 5.92 Å². The molecule has 0 bridgehead atoms. The quantitative estimate of drug-likeness (QED) is 0.287. The van der Waals surface area contributed by atoms with Crippen molar-refractivity contribution < 1.29 is 31.8 Å². The van der Waals surface area contributed by atoms with Crippen molar-refractivity contribution in [2.75, 3.05) is 20.2 Å². The molecule has 12 heteroatoms. The molecule has 1 unspecified atom stereocenters. The molecule has 3 N–H and O–H groups in total. The topological polar surface area (TPSA) is 96.3 Å². The summed E-state index contributed by atoms with van der Waals surface area (Å²) in [7, 11) is 1.69. The van der Waals surface area contributed by atoms with Crippen molar-refractivity contribution in [2.45, 2.75) is 49.8 Å². The van der Waals surface area contributed by atoms with E-state index in [1.165, 1.54) is 18.2 Å². The van der Waals surface area contributed by atoms with Gasteiger partial charge in [-0.05, 0) is 68.0 Å². The molecule has 0 saturated heterocycles. The van der Waals surface area contributed by atoms with Crippen molar-refractivity contribution in [3.63, 3.8) is 0 Å². The zero-order valence-electron chi connectivity index (χ0n) is 23.2. The van der Waals surface area contributed by atoms with Gasteiger partial charge in [-0.3, -0.25) is 10.2 Å². The van der Waals surface area contributed by atoms with Gasteiger partial charge in [0.1, 0.15) is 41.3 Å². The molecule has 1 aromatic carbocycles. The molecular weight excluding hydrogens is 588 g/mol. The highest BCUT2D eigenvalue weighted by molar-refractivity contribution is 6.31. The summed E-state index contributed by atoms with van der Waals surface area (Å²) in [5.41, 5.74) is 1.80. The van der Waals surface area contributed by atoms with Crippen LogP contribution in [0.15, 0.2) is 59.5 Å². The predicted octanol–water partition coefficient (Wildman–Crippen LogP) is 6.32. The number of hydrogen-bond donors (Lipinski definition) is 3. The molecule has 3 aliphatic carbocycles. The Morgan fingerprint density at radius 1 is 1.23 bits per heavy atom. The van der Waals surface area contributed by atoms with Gasteiger partial charge in [-0.15, -0.1) is 0 Å². The largest absolute Gasteiger partial charge is 0.490 e. The number of nitrogens with zero attached hydrogens (tertiary/aromatic N) is 1. The minimum Gasteiger partial charge on any atom is -0.490 e. The highest BCUT2D eigenvalue weighted by Gasteiger charge is 2.48. The van der Waals surface area contributed by atoms with Gasteiger partial charge in [0.05, 0.1) is 11.1 Å². The number of hydrogen-bond acceptors (Lipinski definition) is 6. The number of carbonyl (C=O) groups is 1. The van der Waals surface area contributed by atoms with Crippen LogP contribution in [0.1, 0.15) is 48.8 Å². The van der Waals surface area contributed by atoms with Crippen LogP contribution in [-0.4, -0.2) is 49.1 Å². The Bertz CT molecular complexity index is 1580. The first-order valence-electron chi connectivity index (χ1n) is 14.1. The van der Waals surface area contributed by atoms with E-state index in [0.29, 0.717) is 28.2 Å². The van der Waals surface area contributed by atoms with Crippen molar-refractivity contribution in [3.05, 3.63) is 81.6 Å². The van der Waals surface area contributed by atoms with Crippen LogP contribution in [0.5, 0.6) is 5.75 Å². The zero-order valence-corrected chi connectivity index (χ0v) is 23.9. The third-order valence-electron chi connectivity index (χ3n) is 7.95. The van der Waals surface area contributed by atoms with E-state index >= 15 is 0 Å². The van der Waals surface area contributed by atoms with Crippen molar-refractivity contribution >= 4 is 23.2 Å². The van der Waals surface area contributed by atoms with E-state index in [4.69, 9.17) is 31.5 Å². The Morgan fingerprint density at radius 3 is 2.65 bits per heavy atom. The number of ether oxygens (including phenoxy) is 2. The number of amides is 1. The maximum atomic E-state index is 14.0. The van der Waals surface area contributed by atoms with E-state index in [1.54, 1.807) is 25.4 Å². The van der Waals surface area contributed by atoms with E-state index in [2.05, 4.69) is 10.6 Å². The lowest BCUT2D eigenvalue weighted by molar-refractivity contribution is -0.151. The summed E-state index contributed by atoms with van der Waals surface area (Å²) in [5.74, 6) is -2.86. The Hall–Kier alpha value is -3.86. The molecule has 1 amide bonds. The predicted molar refractivity (Wildman–Crippen MR) is 153 cm³/mol. The third kappa shape index (κ3) is 6.13. The van der Waals surface area contributed by atoms with Crippen LogP contribution >= 0.6 is 11.6 Å². The van der Waals surface area contributed by atoms with Crippen LogP contribution in [0.4, 0.5) is 17.6 Å². The number of aromatic nitrogens is 1. The second kappa shape index (κ2) is 11.3. The monoisotopic (exact) mass is 616 g/mol. The van der Waals surface area contributed by atoms with E-state index < -0.39 is 30.4 Å². The van der Waals surface area contributed by atoms with Gasteiger partial charge in [-0.2, -0.15) is 13.2 Å². The lowest BCUT2D eigenvalue weighted by Crippen LogP contribution is -2.32. The zero-order chi connectivity index (χ0) is 30.5. The summed E-state index contributed by atoms with van der Waals surface area (Å²) < 4.78 is 67.3. The SMILES string of the molecule is CN/C=C1/C=C(C(=O)NC[C@H](c2cc3c(c(-c4ccc(F)c(Cl)c4)n2)OCC3C(F)(F)F)C2CC2)C=C(OC2CC2)C1=N. The van der Waals surface area contributed by atoms with Gasteiger partial charge in [0.25, 0.3) is 5.91 Å². The number of alkyl halides is 3. The normalized spacial score (nSPS) is 21.5. The maximum Gasteiger partial charge on any atom is 0.399 e. The molecule has 0 radical (unpaired) electrons. The second-order valence-corrected chi connectivity index (χ2v) is 11.6. The summed E-state index contributed by atoms with van der Waals surface area (Å²) in [4.78, 5) is 18.1. The van der Waals surface area contributed by atoms with E-state index in [0.717, 1.165) is 31.7 Å². The molecule has 2 heterocycles. The highest BCUT2D eigenvalue weighted by Crippen LogP contribution is 2.50. The van der Waals surface area contributed by atoms with Gasteiger partial charge >= 0.3 is 6.18 Å². The smallest absolute Gasteiger partial charge is 0.399 e. The molecule has 1 aromatic heterocycles. The lowest BCUT2D eigenvalue weighted by Gasteiger charge is -2.22. The van der Waals surface area contributed by atoms with Crippen LogP contribution < -0.4 is 15.4 Å². The van der Waals surface area contributed by atoms with Crippen molar-refractivity contribution in [1.29, 1.82) is 5.41 Å². The van der Waals surface area contributed by atoms with Gasteiger partial charge in [-0.25, -0.2) is 9.37 Å². The molecule has 2 aromatic rings. The molecule has 226 valence electrons. The van der Waals surface area contributed by atoms with E-state index in [9.17, 15) is 22.4 Å².